The van der Waals surface area contributed by atoms with Crippen LogP contribution in [-0.4, -0.2) is 0 Å². The van der Waals surface area contributed by atoms with Crippen molar-refractivity contribution in [3.05, 3.63) is 0 Å². The van der Waals surface area contributed by atoms with Gasteiger partial charge >= 0.3 is 0 Å². The molecule has 0 nitrogen and oxygen atoms in total. The smallest absolute Gasteiger partial charge is 0 e. The molecule has 0 N–H and O–H groups in total. The Balaban J connectivity index is 0. The zero-order valence-corrected chi connectivity index (χ0v) is 6.30. The minimum Gasteiger partial charge on any atom is 0 e. The van der Waals surface area contributed by atoms with E-state index in [-0.39, 0.29) is 72.1 Å². The summed E-state index contributed by atoms with van der Waals surface area (Å²) in [5, 5.41) is 0. The van der Waals surface area contributed by atoms with E-state index in [1.807, 2.05) is 0 Å². The largest absolute Gasteiger partial charge is 0 e. The zero-order chi connectivity index (χ0) is 0. The zero-order valence-electron chi connectivity index (χ0n) is 1.53. The molecule has 30 valence electrons. The Labute approximate surface area is 71.3 Å². The first-order chi connectivity index (χ1) is 0. The number of hydrogen-bond donors (Lipinski definition) is 0. The Hall–Kier alpha value is 2.23. The maximum absolute atomic E-state index is 0. The third kappa shape index (κ3) is 8.87. The molecule has 0 rings (SSSR count). The quantitative estimate of drug-likeness (QED) is 0.504. The Morgan fingerprint density at radius 1 is 1.00 bits per heavy atom. The molecule has 0 aromatic heterocycles. The molecule has 0 fully saturated rings. The van der Waals surface area contributed by atoms with Gasteiger partial charge in [0, 0.05) is 72.1 Å². The molecule has 0 aromatic rings. The summed E-state index contributed by atoms with van der Waals surface area (Å²) in [7, 11) is 0. The van der Waals surface area contributed by atoms with Crippen molar-refractivity contribution < 1.29 is 72.1 Å². The molecule has 0 spiro atoms. The summed E-state index contributed by atoms with van der Waals surface area (Å²) in [5.74, 6) is 0. The van der Waals surface area contributed by atoms with E-state index >= 15 is 0 Å². The molecular weight excluding hydrogens is 220 g/mol. The molecule has 0 atom stereocenters. The Morgan fingerprint density at radius 2 is 1.00 bits per heavy atom. The first-order valence-corrected chi connectivity index (χ1v) is 0. The molecule has 0 unspecified atom stereocenters. The maximum Gasteiger partial charge on any atom is 0 e. The van der Waals surface area contributed by atoms with E-state index in [0.29, 0.717) is 0 Å². The van der Waals surface area contributed by atoms with Gasteiger partial charge < -0.3 is 0 Å². The molecular formula is CoMnNiTi. The van der Waals surface area contributed by atoms with Crippen molar-refractivity contribution in [3.8, 4) is 0 Å². The van der Waals surface area contributed by atoms with E-state index in [0.717, 1.165) is 0 Å². The first-order valence-electron chi connectivity index (χ1n) is 0. The van der Waals surface area contributed by atoms with Crippen LogP contribution in [-0.2, 0) is 72.1 Å². The molecule has 2 radical (unpaired) electrons. The van der Waals surface area contributed by atoms with Crippen LogP contribution in [0.2, 0.25) is 0 Å². The average Bonchev–Trinajstić information content (AvgIpc) is 0. The second-order valence-electron chi connectivity index (χ2n) is 0. The Morgan fingerprint density at radius 3 is 1.00 bits per heavy atom. The second kappa shape index (κ2) is 18.8. The Kier molecular flexibility index (Phi) is 161. The van der Waals surface area contributed by atoms with Crippen LogP contribution in [0.4, 0.5) is 0 Å². The number of rotatable bonds is 0. The standard InChI is InChI=1S/Co.Mn.Ni.Ti. The van der Waals surface area contributed by atoms with Crippen molar-refractivity contribution >= 4 is 0 Å². The van der Waals surface area contributed by atoms with Gasteiger partial charge in [-0.05, 0) is 0 Å². The topological polar surface area (TPSA) is 0 Å². The van der Waals surface area contributed by atoms with Gasteiger partial charge in [-0.3, -0.25) is 0 Å². The molecule has 0 saturated heterocycles. The van der Waals surface area contributed by atoms with Crippen LogP contribution in [0.5, 0.6) is 0 Å². The van der Waals surface area contributed by atoms with Crippen LogP contribution in [0, 0.1) is 0 Å². The van der Waals surface area contributed by atoms with E-state index in [1.54, 1.807) is 0 Å². The summed E-state index contributed by atoms with van der Waals surface area (Å²) < 4.78 is 0. The molecule has 0 amide bonds. The van der Waals surface area contributed by atoms with Gasteiger partial charge in [-0.25, -0.2) is 0 Å². The minimum atomic E-state index is 0. The SMILES string of the molecule is [Co].[Mn].[Ni].[Ti]. The fraction of sp³-hybridized carbons (Fsp3) is 0. The van der Waals surface area contributed by atoms with E-state index < -0.39 is 0 Å². The van der Waals surface area contributed by atoms with E-state index in [4.69, 9.17) is 0 Å². The normalized spacial score (nSPS) is 0. The third-order valence-electron chi connectivity index (χ3n) is 0. The van der Waals surface area contributed by atoms with E-state index in [2.05, 4.69) is 0 Å². The summed E-state index contributed by atoms with van der Waals surface area (Å²) in [6, 6.07) is 0. The summed E-state index contributed by atoms with van der Waals surface area (Å²) in [5.41, 5.74) is 0. The number of hydrogen-bond acceptors (Lipinski definition) is 0. The van der Waals surface area contributed by atoms with Crippen LogP contribution >= 0.6 is 0 Å². The molecule has 0 aliphatic heterocycles. The van der Waals surface area contributed by atoms with Crippen LogP contribution in [0.15, 0.2) is 0 Å². The van der Waals surface area contributed by atoms with Gasteiger partial charge in [0.2, 0.25) is 0 Å². The van der Waals surface area contributed by atoms with Crippen molar-refractivity contribution in [1.29, 1.82) is 0 Å². The van der Waals surface area contributed by atoms with Gasteiger partial charge in [0.1, 0.15) is 0 Å². The predicted octanol–water partition coefficient (Wildman–Crippen LogP) is -0.0100. The van der Waals surface area contributed by atoms with Crippen molar-refractivity contribution in [2.75, 3.05) is 0 Å². The molecule has 0 aromatic carbocycles. The second-order valence-corrected chi connectivity index (χ2v) is 0. The van der Waals surface area contributed by atoms with E-state index in [9.17, 15) is 0 Å². The molecule has 4 heavy (non-hydrogen) atoms. The van der Waals surface area contributed by atoms with Crippen molar-refractivity contribution in [2.45, 2.75) is 0 Å². The molecule has 0 bridgehead atoms. The third-order valence-corrected chi connectivity index (χ3v) is 0. The van der Waals surface area contributed by atoms with E-state index in [1.165, 1.54) is 0 Å². The van der Waals surface area contributed by atoms with Crippen molar-refractivity contribution in [1.82, 2.24) is 0 Å². The fourth-order valence-corrected chi connectivity index (χ4v) is 0. The Bertz CT molecular complexity index is 8.00. The predicted molar refractivity (Wildman–Crippen MR) is 0 cm³/mol. The maximum atomic E-state index is 0. The van der Waals surface area contributed by atoms with Gasteiger partial charge in [0.25, 0.3) is 0 Å². The van der Waals surface area contributed by atoms with Gasteiger partial charge in [-0.1, -0.05) is 0 Å². The molecule has 4 heteroatoms. The van der Waals surface area contributed by atoms with Gasteiger partial charge in [-0.15, -0.1) is 0 Å². The van der Waals surface area contributed by atoms with Crippen LogP contribution in [0.25, 0.3) is 0 Å². The first kappa shape index (κ1) is 34.2. The minimum absolute atomic E-state index is 0. The van der Waals surface area contributed by atoms with Gasteiger partial charge in [0.15, 0.2) is 0 Å². The van der Waals surface area contributed by atoms with Crippen LogP contribution < -0.4 is 0 Å². The summed E-state index contributed by atoms with van der Waals surface area (Å²) in [6.07, 6.45) is 0. The molecule has 0 aliphatic carbocycles. The molecule has 0 heterocycles. The van der Waals surface area contributed by atoms with Gasteiger partial charge in [0.05, 0.1) is 0 Å². The average molecular weight is 220 g/mol. The van der Waals surface area contributed by atoms with Crippen LogP contribution in [0.3, 0.4) is 0 Å². The molecule has 0 aliphatic rings. The monoisotopic (exact) mass is 220 g/mol. The van der Waals surface area contributed by atoms with Crippen LogP contribution in [0.1, 0.15) is 0 Å². The molecule has 0 saturated carbocycles. The van der Waals surface area contributed by atoms with Crippen molar-refractivity contribution in [2.24, 2.45) is 0 Å². The summed E-state index contributed by atoms with van der Waals surface area (Å²) >= 11 is 0. The van der Waals surface area contributed by atoms with Crippen molar-refractivity contribution in [3.63, 3.8) is 0 Å². The van der Waals surface area contributed by atoms with Gasteiger partial charge in [-0.2, -0.15) is 0 Å². The fourth-order valence-electron chi connectivity index (χ4n) is 0. The summed E-state index contributed by atoms with van der Waals surface area (Å²) in [4.78, 5) is 0. The summed E-state index contributed by atoms with van der Waals surface area (Å²) in [6.45, 7) is 0.